The van der Waals surface area contributed by atoms with Gasteiger partial charge in [0.1, 0.15) is 6.42 Å². The minimum absolute atomic E-state index is 0.321. The third kappa shape index (κ3) is 4.24. The summed E-state index contributed by atoms with van der Waals surface area (Å²) in [6, 6.07) is 10.4. The lowest BCUT2D eigenvalue weighted by molar-refractivity contribution is -0.119. The molecule has 0 saturated carbocycles. The van der Waals surface area contributed by atoms with Gasteiger partial charge in [0.25, 0.3) is 0 Å². The van der Waals surface area contributed by atoms with Gasteiger partial charge in [0.15, 0.2) is 0 Å². The van der Waals surface area contributed by atoms with Gasteiger partial charge in [-0.05, 0) is 5.56 Å². The van der Waals surface area contributed by atoms with E-state index in [1.54, 1.807) is 6.07 Å². The van der Waals surface area contributed by atoms with E-state index in [2.05, 4.69) is 5.32 Å². The van der Waals surface area contributed by atoms with Crippen LogP contribution in [0.15, 0.2) is 30.3 Å². The Balaban J connectivity index is 2.31. The summed E-state index contributed by atoms with van der Waals surface area (Å²) in [5.41, 5.74) is 0.936. The van der Waals surface area contributed by atoms with E-state index in [0.717, 1.165) is 5.56 Å². The number of hydrogen-bond acceptors (Lipinski definition) is 3. The fraction of sp³-hybridized carbons (Fsp3) is 0.182. The quantitative estimate of drug-likeness (QED) is 0.790. The van der Waals surface area contributed by atoms with Gasteiger partial charge in [-0.15, -0.1) is 0 Å². The van der Waals surface area contributed by atoms with Crippen LogP contribution in [0.4, 0.5) is 4.79 Å². The largest absolute Gasteiger partial charge is 0.334 e. The number of nitrogens with one attached hydrogen (secondary N) is 2. The zero-order valence-corrected chi connectivity index (χ0v) is 8.56. The minimum atomic E-state index is -0.604. The molecule has 0 heterocycles. The molecule has 1 rings (SSSR count). The van der Waals surface area contributed by atoms with Crippen molar-refractivity contribution in [1.29, 1.82) is 5.26 Å². The van der Waals surface area contributed by atoms with E-state index in [-0.39, 0.29) is 6.42 Å². The maximum absolute atomic E-state index is 11.1. The highest BCUT2D eigenvalue weighted by molar-refractivity contribution is 5.95. The Morgan fingerprint density at radius 2 is 1.94 bits per heavy atom. The Hall–Kier alpha value is -2.35. The molecule has 0 aliphatic carbocycles. The Labute approximate surface area is 93.1 Å². The molecule has 0 unspecified atom stereocenters. The lowest BCUT2D eigenvalue weighted by Gasteiger charge is -2.05. The van der Waals surface area contributed by atoms with E-state index in [0.29, 0.717) is 6.54 Å². The van der Waals surface area contributed by atoms with Crippen molar-refractivity contribution in [2.75, 3.05) is 0 Å². The summed E-state index contributed by atoms with van der Waals surface area (Å²) < 4.78 is 0. The maximum Gasteiger partial charge on any atom is 0.321 e. The lowest BCUT2D eigenvalue weighted by Crippen LogP contribution is -2.38. The molecule has 0 aliphatic rings. The highest BCUT2D eigenvalue weighted by Crippen LogP contribution is 1.96. The molecule has 1 aromatic carbocycles. The van der Waals surface area contributed by atoms with Gasteiger partial charge in [-0.1, -0.05) is 30.3 Å². The summed E-state index contributed by atoms with van der Waals surface area (Å²) in [6.07, 6.45) is -0.321. The van der Waals surface area contributed by atoms with Gasteiger partial charge in [-0.2, -0.15) is 5.26 Å². The molecule has 0 radical (unpaired) electrons. The number of hydrogen-bond donors (Lipinski definition) is 2. The van der Waals surface area contributed by atoms with Crippen molar-refractivity contribution in [3.05, 3.63) is 35.9 Å². The molecule has 1 aromatic rings. The zero-order chi connectivity index (χ0) is 11.8. The first-order valence-corrected chi connectivity index (χ1v) is 4.71. The van der Waals surface area contributed by atoms with Crippen LogP contribution >= 0.6 is 0 Å². The second kappa shape index (κ2) is 6.19. The van der Waals surface area contributed by atoms with Crippen LogP contribution in [0.2, 0.25) is 0 Å². The van der Waals surface area contributed by atoms with Crippen LogP contribution in [0.1, 0.15) is 12.0 Å². The van der Waals surface area contributed by atoms with Crippen LogP contribution < -0.4 is 10.6 Å². The molecule has 0 atom stereocenters. The predicted molar refractivity (Wildman–Crippen MR) is 57.1 cm³/mol. The molecule has 0 aliphatic heterocycles. The molecule has 0 aromatic heterocycles. The average molecular weight is 217 g/mol. The molecular weight excluding hydrogens is 206 g/mol. The lowest BCUT2D eigenvalue weighted by atomic mass is 10.2. The fourth-order valence-electron chi connectivity index (χ4n) is 1.07. The van der Waals surface area contributed by atoms with Crippen LogP contribution in [0.25, 0.3) is 0 Å². The van der Waals surface area contributed by atoms with Crippen LogP contribution in [-0.4, -0.2) is 11.9 Å². The van der Waals surface area contributed by atoms with Crippen LogP contribution in [0.3, 0.4) is 0 Å². The molecule has 3 amide bonds. The topological polar surface area (TPSA) is 82.0 Å². The summed E-state index contributed by atoms with van der Waals surface area (Å²) in [5.74, 6) is -0.604. The number of nitriles is 1. The summed E-state index contributed by atoms with van der Waals surface area (Å²) >= 11 is 0. The summed E-state index contributed by atoms with van der Waals surface area (Å²) in [5, 5.41) is 12.8. The predicted octanol–water partition coefficient (Wildman–Crippen LogP) is 0.926. The van der Waals surface area contributed by atoms with Crippen molar-refractivity contribution < 1.29 is 9.59 Å². The number of imide groups is 1. The Morgan fingerprint density at radius 1 is 1.25 bits per heavy atom. The second-order valence-electron chi connectivity index (χ2n) is 3.05. The molecule has 2 N–H and O–H groups in total. The molecule has 0 saturated heterocycles. The van der Waals surface area contributed by atoms with Gasteiger partial charge in [-0.3, -0.25) is 10.1 Å². The number of carbonyl (C=O) groups excluding carboxylic acids is 2. The first kappa shape index (κ1) is 11.7. The normalized spacial score (nSPS) is 8.94. The highest BCUT2D eigenvalue weighted by Gasteiger charge is 2.05. The first-order chi connectivity index (χ1) is 7.72. The third-order valence-electron chi connectivity index (χ3n) is 1.79. The molecule has 5 nitrogen and oxygen atoms in total. The minimum Gasteiger partial charge on any atom is -0.334 e. The standard InChI is InChI=1S/C11H11N3O2/c12-7-6-10(15)14-11(16)13-8-9-4-2-1-3-5-9/h1-5H,6,8H2,(H2,13,14,15,16). The summed E-state index contributed by atoms with van der Waals surface area (Å²) in [7, 11) is 0. The van der Waals surface area contributed by atoms with Crippen molar-refractivity contribution in [3.8, 4) is 6.07 Å². The van der Waals surface area contributed by atoms with E-state index in [1.807, 2.05) is 35.6 Å². The number of benzene rings is 1. The van der Waals surface area contributed by atoms with Crippen molar-refractivity contribution in [1.82, 2.24) is 10.6 Å². The van der Waals surface area contributed by atoms with Crippen molar-refractivity contribution in [3.63, 3.8) is 0 Å². The van der Waals surface area contributed by atoms with Crippen LogP contribution in [0, 0.1) is 11.3 Å². The van der Waals surface area contributed by atoms with E-state index in [4.69, 9.17) is 5.26 Å². The van der Waals surface area contributed by atoms with Gasteiger partial charge < -0.3 is 5.32 Å². The number of nitrogens with zero attached hydrogens (tertiary/aromatic N) is 1. The third-order valence-corrected chi connectivity index (χ3v) is 1.79. The molecular formula is C11H11N3O2. The molecule has 0 bridgehead atoms. The van der Waals surface area contributed by atoms with E-state index < -0.39 is 11.9 Å². The van der Waals surface area contributed by atoms with Gasteiger partial charge in [-0.25, -0.2) is 4.79 Å². The summed E-state index contributed by atoms with van der Waals surface area (Å²) in [6.45, 7) is 0.340. The van der Waals surface area contributed by atoms with Gasteiger partial charge in [0.2, 0.25) is 5.91 Å². The van der Waals surface area contributed by atoms with Gasteiger partial charge in [0, 0.05) is 6.54 Å². The second-order valence-corrected chi connectivity index (χ2v) is 3.05. The Morgan fingerprint density at radius 3 is 2.56 bits per heavy atom. The molecule has 0 fully saturated rings. The van der Waals surface area contributed by atoms with Crippen molar-refractivity contribution >= 4 is 11.9 Å². The van der Waals surface area contributed by atoms with Crippen molar-refractivity contribution in [2.24, 2.45) is 0 Å². The van der Waals surface area contributed by atoms with E-state index >= 15 is 0 Å². The molecule has 0 spiro atoms. The molecule has 16 heavy (non-hydrogen) atoms. The maximum atomic E-state index is 11.1. The summed E-state index contributed by atoms with van der Waals surface area (Å²) in [4.78, 5) is 22.0. The number of amides is 3. The average Bonchev–Trinajstić information content (AvgIpc) is 2.28. The van der Waals surface area contributed by atoms with Crippen LogP contribution in [0.5, 0.6) is 0 Å². The monoisotopic (exact) mass is 217 g/mol. The Kier molecular flexibility index (Phi) is 4.54. The van der Waals surface area contributed by atoms with Gasteiger partial charge >= 0.3 is 6.03 Å². The van der Waals surface area contributed by atoms with E-state index in [9.17, 15) is 9.59 Å². The number of carbonyl (C=O) groups is 2. The first-order valence-electron chi connectivity index (χ1n) is 4.71. The zero-order valence-electron chi connectivity index (χ0n) is 8.56. The van der Waals surface area contributed by atoms with E-state index in [1.165, 1.54) is 0 Å². The van der Waals surface area contributed by atoms with Crippen LogP contribution in [-0.2, 0) is 11.3 Å². The molecule has 82 valence electrons. The fourth-order valence-corrected chi connectivity index (χ4v) is 1.07. The smallest absolute Gasteiger partial charge is 0.321 e. The number of rotatable bonds is 3. The molecule has 5 heteroatoms. The highest BCUT2D eigenvalue weighted by atomic mass is 16.2. The number of urea groups is 1. The SMILES string of the molecule is N#CCC(=O)NC(=O)NCc1ccccc1. The van der Waals surface area contributed by atoms with Gasteiger partial charge in [0.05, 0.1) is 6.07 Å². The Bertz CT molecular complexity index is 409. The van der Waals surface area contributed by atoms with Crippen molar-refractivity contribution in [2.45, 2.75) is 13.0 Å².